The minimum atomic E-state index is -0.868. The fraction of sp³-hybridized carbons (Fsp3) is 0.417. The summed E-state index contributed by atoms with van der Waals surface area (Å²) < 4.78 is 32.7. The van der Waals surface area contributed by atoms with Gasteiger partial charge in [0.2, 0.25) is 0 Å². The van der Waals surface area contributed by atoms with Gasteiger partial charge in [-0.1, -0.05) is 26.0 Å². The molecule has 0 aliphatic carbocycles. The van der Waals surface area contributed by atoms with Crippen LogP contribution in [0.4, 0.5) is 8.78 Å². The van der Waals surface area contributed by atoms with Crippen molar-refractivity contribution in [2.45, 2.75) is 51.7 Å². The summed E-state index contributed by atoms with van der Waals surface area (Å²) >= 11 is 0. The minimum absolute atomic E-state index is 0.0935. The number of nitrogens with one attached hydrogen (secondary N) is 1. The Morgan fingerprint density at radius 1 is 1.03 bits per heavy atom. The van der Waals surface area contributed by atoms with Crippen molar-refractivity contribution in [3.8, 4) is 5.75 Å². The molecule has 7 heteroatoms. The van der Waals surface area contributed by atoms with Crippen molar-refractivity contribution in [1.82, 2.24) is 10.2 Å². The molecule has 1 N–H and O–H groups in total. The molecule has 1 unspecified atom stereocenters. The van der Waals surface area contributed by atoms with Crippen molar-refractivity contribution < 1.29 is 23.1 Å². The Hall–Kier alpha value is -2.96. The van der Waals surface area contributed by atoms with E-state index >= 15 is 0 Å². The summed E-state index contributed by atoms with van der Waals surface area (Å²) in [6.07, 6.45) is 0.449. The fourth-order valence-electron chi connectivity index (χ4n) is 3.57. The molecular weight excluding hydrogens is 402 g/mol. The van der Waals surface area contributed by atoms with Crippen molar-refractivity contribution in [3.63, 3.8) is 0 Å². The summed E-state index contributed by atoms with van der Waals surface area (Å²) in [6.45, 7) is 6.68. The van der Waals surface area contributed by atoms with Crippen LogP contribution in [0.2, 0.25) is 0 Å². The molecule has 1 saturated heterocycles. The monoisotopic (exact) mass is 430 g/mol. The topological polar surface area (TPSA) is 58.6 Å². The predicted molar refractivity (Wildman–Crippen MR) is 114 cm³/mol. The van der Waals surface area contributed by atoms with Crippen molar-refractivity contribution in [2.75, 3.05) is 13.1 Å². The Kier molecular flexibility index (Phi) is 7.25. The maximum absolute atomic E-state index is 13.9. The summed E-state index contributed by atoms with van der Waals surface area (Å²) in [4.78, 5) is 26.5. The van der Waals surface area contributed by atoms with E-state index in [4.69, 9.17) is 4.74 Å². The van der Waals surface area contributed by atoms with Gasteiger partial charge in [0.05, 0.1) is 5.56 Å². The standard InChI is InChI=1S/C24H28F2N2O3/c1-15(2)17-4-7-20(8-5-17)31-16(3)23(29)27-19-10-12-28(13-11-19)24(30)21-9-6-18(25)14-22(21)26/h4-9,14-16,19H,10-13H2,1-3H3,(H,27,29). The molecule has 0 saturated carbocycles. The van der Waals surface area contributed by atoms with E-state index in [-0.39, 0.29) is 17.5 Å². The molecule has 1 fully saturated rings. The zero-order valence-electron chi connectivity index (χ0n) is 18.0. The van der Waals surface area contributed by atoms with E-state index in [1.54, 1.807) is 6.92 Å². The maximum atomic E-state index is 13.9. The Labute approximate surface area is 181 Å². The molecule has 31 heavy (non-hydrogen) atoms. The number of hydrogen-bond donors (Lipinski definition) is 1. The van der Waals surface area contributed by atoms with E-state index in [9.17, 15) is 18.4 Å². The number of benzene rings is 2. The van der Waals surface area contributed by atoms with Crippen LogP contribution in [0.25, 0.3) is 0 Å². The molecule has 166 valence electrons. The molecule has 0 spiro atoms. The number of nitrogens with zero attached hydrogens (tertiary/aromatic N) is 1. The molecule has 5 nitrogen and oxygen atoms in total. The van der Waals surface area contributed by atoms with Crippen LogP contribution in [-0.4, -0.2) is 41.9 Å². The number of amides is 2. The molecule has 1 heterocycles. The van der Waals surface area contributed by atoms with Gasteiger partial charge in [-0.25, -0.2) is 8.78 Å². The lowest BCUT2D eigenvalue weighted by Crippen LogP contribution is -2.49. The van der Waals surface area contributed by atoms with Gasteiger partial charge in [0.15, 0.2) is 6.10 Å². The zero-order chi connectivity index (χ0) is 22.5. The van der Waals surface area contributed by atoms with Crippen molar-refractivity contribution >= 4 is 11.8 Å². The molecule has 0 aromatic heterocycles. The molecule has 1 aliphatic rings. The van der Waals surface area contributed by atoms with Crippen molar-refractivity contribution in [2.24, 2.45) is 0 Å². The van der Waals surface area contributed by atoms with Crippen LogP contribution in [0.5, 0.6) is 5.75 Å². The second-order valence-corrected chi connectivity index (χ2v) is 8.18. The first-order valence-electron chi connectivity index (χ1n) is 10.6. The number of ether oxygens (including phenoxy) is 1. The largest absolute Gasteiger partial charge is 0.481 e. The molecule has 2 aromatic carbocycles. The number of rotatable bonds is 6. The van der Waals surface area contributed by atoms with Gasteiger partial charge >= 0.3 is 0 Å². The Morgan fingerprint density at radius 2 is 1.68 bits per heavy atom. The second-order valence-electron chi connectivity index (χ2n) is 8.18. The molecule has 0 bridgehead atoms. The highest BCUT2D eigenvalue weighted by molar-refractivity contribution is 5.94. The van der Waals surface area contributed by atoms with Crippen LogP contribution in [0, 0.1) is 11.6 Å². The third-order valence-corrected chi connectivity index (χ3v) is 5.52. The maximum Gasteiger partial charge on any atom is 0.260 e. The number of likely N-dealkylation sites (tertiary alicyclic amines) is 1. The summed E-state index contributed by atoms with van der Waals surface area (Å²) in [5.41, 5.74) is 1.06. The number of carbonyl (C=O) groups is 2. The Morgan fingerprint density at radius 3 is 2.26 bits per heavy atom. The normalized spacial score (nSPS) is 15.6. The van der Waals surface area contributed by atoms with Crippen LogP contribution >= 0.6 is 0 Å². The van der Waals surface area contributed by atoms with Crippen LogP contribution in [0.1, 0.15) is 55.5 Å². The molecule has 1 atom stereocenters. The van der Waals surface area contributed by atoms with E-state index < -0.39 is 23.6 Å². The van der Waals surface area contributed by atoms with Crippen molar-refractivity contribution in [3.05, 3.63) is 65.2 Å². The summed E-state index contributed by atoms with van der Waals surface area (Å²) in [5.74, 6) is -1.22. The van der Waals surface area contributed by atoms with Gasteiger partial charge in [-0.3, -0.25) is 9.59 Å². The number of carbonyl (C=O) groups excluding carboxylic acids is 2. The van der Waals surface area contributed by atoms with E-state index in [0.29, 0.717) is 43.7 Å². The van der Waals surface area contributed by atoms with Crippen LogP contribution in [-0.2, 0) is 4.79 Å². The molecule has 3 rings (SSSR count). The predicted octanol–water partition coefficient (Wildman–Crippen LogP) is 4.28. The summed E-state index contributed by atoms with van der Waals surface area (Å²) in [6, 6.07) is 10.5. The van der Waals surface area contributed by atoms with E-state index in [0.717, 1.165) is 12.1 Å². The van der Waals surface area contributed by atoms with Gasteiger partial charge in [0.25, 0.3) is 11.8 Å². The van der Waals surface area contributed by atoms with Gasteiger partial charge in [0.1, 0.15) is 17.4 Å². The SMILES string of the molecule is CC(Oc1ccc(C(C)C)cc1)C(=O)NC1CCN(C(=O)c2ccc(F)cc2F)CC1. The Balaban J connectivity index is 1.48. The lowest BCUT2D eigenvalue weighted by molar-refractivity contribution is -0.128. The van der Waals surface area contributed by atoms with Gasteiger partial charge in [-0.05, 0) is 55.5 Å². The van der Waals surface area contributed by atoms with E-state index in [1.165, 1.54) is 10.5 Å². The number of piperidine rings is 1. The van der Waals surface area contributed by atoms with Crippen LogP contribution in [0.3, 0.4) is 0 Å². The van der Waals surface area contributed by atoms with Gasteiger partial charge in [-0.15, -0.1) is 0 Å². The number of halogens is 2. The van der Waals surface area contributed by atoms with Crippen LogP contribution in [0.15, 0.2) is 42.5 Å². The minimum Gasteiger partial charge on any atom is -0.481 e. The lowest BCUT2D eigenvalue weighted by Gasteiger charge is -2.33. The average Bonchev–Trinajstić information content (AvgIpc) is 2.74. The van der Waals surface area contributed by atoms with Gasteiger partial charge in [-0.2, -0.15) is 0 Å². The molecular formula is C24H28F2N2O3. The fourth-order valence-corrected chi connectivity index (χ4v) is 3.57. The smallest absolute Gasteiger partial charge is 0.260 e. The number of hydrogen-bond acceptors (Lipinski definition) is 3. The highest BCUT2D eigenvalue weighted by Crippen LogP contribution is 2.20. The molecule has 2 aromatic rings. The van der Waals surface area contributed by atoms with E-state index in [1.807, 2.05) is 24.3 Å². The lowest BCUT2D eigenvalue weighted by atomic mass is 10.0. The van der Waals surface area contributed by atoms with Crippen molar-refractivity contribution in [1.29, 1.82) is 0 Å². The molecule has 2 amide bonds. The first-order chi connectivity index (χ1) is 14.7. The highest BCUT2D eigenvalue weighted by atomic mass is 19.1. The second kappa shape index (κ2) is 9.90. The molecule has 0 radical (unpaired) electrons. The Bertz CT molecular complexity index is 923. The zero-order valence-corrected chi connectivity index (χ0v) is 18.0. The summed E-state index contributed by atoms with van der Waals surface area (Å²) in [7, 11) is 0. The average molecular weight is 430 g/mol. The van der Waals surface area contributed by atoms with Crippen LogP contribution < -0.4 is 10.1 Å². The first-order valence-corrected chi connectivity index (χ1v) is 10.6. The third kappa shape index (κ3) is 5.81. The summed E-state index contributed by atoms with van der Waals surface area (Å²) in [5, 5.41) is 2.96. The van der Waals surface area contributed by atoms with Gasteiger partial charge in [0, 0.05) is 25.2 Å². The van der Waals surface area contributed by atoms with Gasteiger partial charge < -0.3 is 15.0 Å². The quantitative estimate of drug-likeness (QED) is 0.744. The third-order valence-electron chi connectivity index (χ3n) is 5.52. The van der Waals surface area contributed by atoms with E-state index in [2.05, 4.69) is 19.2 Å². The first kappa shape index (κ1) is 22.7. The highest BCUT2D eigenvalue weighted by Gasteiger charge is 2.27. The molecule has 1 aliphatic heterocycles.